The van der Waals surface area contributed by atoms with E-state index in [1.54, 1.807) is 39.1 Å². The van der Waals surface area contributed by atoms with Crippen LogP contribution >= 0.6 is 11.3 Å². The molecule has 5 rings (SSSR count). The molecule has 0 unspecified atom stereocenters. The zero-order valence-corrected chi connectivity index (χ0v) is 20.4. The summed E-state index contributed by atoms with van der Waals surface area (Å²) in [5.74, 6) is -0.404. The van der Waals surface area contributed by atoms with Gasteiger partial charge in [-0.3, -0.25) is 14.6 Å². The summed E-state index contributed by atoms with van der Waals surface area (Å²) in [7, 11) is 1.30. The Morgan fingerprint density at radius 3 is 2.77 bits per heavy atom. The molecule has 1 aliphatic carbocycles. The third kappa shape index (κ3) is 4.60. The van der Waals surface area contributed by atoms with Crippen molar-refractivity contribution in [2.75, 3.05) is 20.2 Å². The number of carbonyl (C=O) groups excluding carboxylic acids is 2. The van der Waals surface area contributed by atoms with E-state index in [1.165, 1.54) is 30.0 Å². The summed E-state index contributed by atoms with van der Waals surface area (Å²) in [6.45, 7) is 1.21. The minimum Gasteiger partial charge on any atom is -0.486 e. The maximum atomic E-state index is 13.4. The molecule has 0 aromatic carbocycles. The van der Waals surface area contributed by atoms with E-state index in [0.717, 1.165) is 24.8 Å². The number of methoxy groups -OCH3 is 1. The van der Waals surface area contributed by atoms with Gasteiger partial charge in [0.2, 0.25) is 0 Å². The van der Waals surface area contributed by atoms with Gasteiger partial charge in [-0.15, -0.1) is 11.3 Å². The van der Waals surface area contributed by atoms with Gasteiger partial charge in [0.1, 0.15) is 17.9 Å². The molecule has 1 aliphatic heterocycles. The molecule has 182 valence electrons. The second kappa shape index (κ2) is 10.0. The molecule has 0 N–H and O–H groups in total. The Bertz CT molecular complexity index is 1310. The molecular formula is C26H27N3O5S. The van der Waals surface area contributed by atoms with Crippen LogP contribution in [-0.2, 0) is 37.2 Å². The molecule has 0 saturated heterocycles. The van der Waals surface area contributed by atoms with Crippen LogP contribution in [0.25, 0.3) is 0 Å². The van der Waals surface area contributed by atoms with E-state index in [4.69, 9.17) is 9.47 Å². The number of thiophene rings is 1. The number of rotatable bonds is 5. The van der Waals surface area contributed by atoms with Gasteiger partial charge in [-0.25, -0.2) is 4.79 Å². The van der Waals surface area contributed by atoms with Gasteiger partial charge >= 0.3 is 5.97 Å². The SMILES string of the molecule is COC(=O)c1c(OCc2ccccn2)cc(=O)n2c1CCN(C(=O)c1csc3c1CCCC3)CC2. The number of nitrogens with zero attached hydrogens (tertiary/aromatic N) is 3. The number of fused-ring (bicyclic) bond motifs is 2. The van der Waals surface area contributed by atoms with E-state index in [1.807, 2.05) is 11.4 Å². The van der Waals surface area contributed by atoms with Crippen LogP contribution in [-0.4, -0.2) is 46.5 Å². The quantitative estimate of drug-likeness (QED) is 0.507. The van der Waals surface area contributed by atoms with Gasteiger partial charge in [-0.1, -0.05) is 6.07 Å². The predicted molar refractivity (Wildman–Crippen MR) is 131 cm³/mol. The normalized spacial score (nSPS) is 15.1. The highest BCUT2D eigenvalue weighted by molar-refractivity contribution is 7.10. The van der Waals surface area contributed by atoms with Crippen molar-refractivity contribution in [3.8, 4) is 5.75 Å². The highest BCUT2D eigenvalue weighted by Gasteiger charge is 2.29. The molecule has 9 heteroatoms. The minimum atomic E-state index is -0.573. The van der Waals surface area contributed by atoms with Crippen molar-refractivity contribution < 1.29 is 19.1 Å². The summed E-state index contributed by atoms with van der Waals surface area (Å²) in [5, 5.41) is 1.98. The van der Waals surface area contributed by atoms with E-state index in [2.05, 4.69) is 4.98 Å². The molecule has 2 aliphatic rings. The van der Waals surface area contributed by atoms with E-state index < -0.39 is 5.97 Å². The van der Waals surface area contributed by atoms with Gasteiger partial charge in [-0.05, 0) is 43.4 Å². The number of pyridine rings is 2. The standard InChI is InChI=1S/C26H27N3O5S/c1-33-26(32)24-20-9-11-28(25(31)19-16-35-22-8-3-2-7-18(19)22)12-13-29(20)23(30)14-21(24)34-15-17-6-4-5-10-27-17/h4-6,10,14,16H,2-3,7-9,11-13,15H2,1H3. The van der Waals surface area contributed by atoms with Crippen molar-refractivity contribution in [3.63, 3.8) is 0 Å². The summed E-state index contributed by atoms with van der Waals surface area (Å²) in [6, 6.07) is 6.78. The first-order valence-corrected chi connectivity index (χ1v) is 12.7. The van der Waals surface area contributed by atoms with Gasteiger partial charge in [0.25, 0.3) is 11.5 Å². The zero-order chi connectivity index (χ0) is 24.4. The lowest BCUT2D eigenvalue weighted by Gasteiger charge is -2.21. The van der Waals surface area contributed by atoms with E-state index in [0.29, 0.717) is 37.4 Å². The number of aryl methyl sites for hydroxylation is 1. The van der Waals surface area contributed by atoms with Gasteiger partial charge in [0.05, 0.1) is 18.4 Å². The molecule has 3 aromatic heterocycles. The molecule has 3 aromatic rings. The van der Waals surface area contributed by atoms with Crippen LogP contribution in [0.5, 0.6) is 5.75 Å². The van der Waals surface area contributed by atoms with Gasteiger partial charge in [-0.2, -0.15) is 0 Å². The number of amides is 1. The van der Waals surface area contributed by atoms with Crippen molar-refractivity contribution in [1.82, 2.24) is 14.5 Å². The fourth-order valence-corrected chi connectivity index (χ4v) is 5.99. The lowest BCUT2D eigenvalue weighted by Crippen LogP contribution is -2.34. The first-order chi connectivity index (χ1) is 17.1. The van der Waals surface area contributed by atoms with E-state index >= 15 is 0 Å². The molecule has 0 spiro atoms. The number of esters is 1. The van der Waals surface area contributed by atoms with Crippen LogP contribution in [0.3, 0.4) is 0 Å². The molecular weight excluding hydrogens is 466 g/mol. The second-order valence-corrected chi connectivity index (χ2v) is 9.69. The molecule has 4 heterocycles. The predicted octanol–water partition coefficient (Wildman–Crippen LogP) is 3.25. The Labute approximate surface area is 207 Å². The lowest BCUT2D eigenvalue weighted by atomic mass is 9.95. The molecule has 35 heavy (non-hydrogen) atoms. The summed E-state index contributed by atoms with van der Waals surface area (Å²) in [5.41, 5.74) is 3.13. The Balaban J connectivity index is 1.43. The monoisotopic (exact) mass is 493 g/mol. The number of hydrogen-bond acceptors (Lipinski definition) is 7. The highest BCUT2D eigenvalue weighted by Crippen LogP contribution is 2.31. The van der Waals surface area contributed by atoms with E-state index in [-0.39, 0.29) is 29.4 Å². The molecule has 0 saturated carbocycles. The van der Waals surface area contributed by atoms with Crippen LogP contribution in [0.15, 0.2) is 40.6 Å². The molecule has 0 radical (unpaired) electrons. The maximum absolute atomic E-state index is 13.4. The van der Waals surface area contributed by atoms with Crippen molar-refractivity contribution in [2.24, 2.45) is 0 Å². The smallest absolute Gasteiger partial charge is 0.343 e. The molecule has 1 amide bonds. The Hall–Kier alpha value is -3.46. The van der Waals surface area contributed by atoms with Gasteiger partial charge in [0.15, 0.2) is 0 Å². The molecule has 0 atom stereocenters. The third-order valence-electron chi connectivity index (χ3n) is 6.66. The zero-order valence-electron chi connectivity index (χ0n) is 19.6. The highest BCUT2D eigenvalue weighted by atomic mass is 32.1. The number of aromatic nitrogens is 2. The second-order valence-electron chi connectivity index (χ2n) is 8.72. The van der Waals surface area contributed by atoms with Crippen molar-refractivity contribution >= 4 is 23.2 Å². The average Bonchev–Trinajstić information content (AvgIpc) is 3.19. The van der Waals surface area contributed by atoms with Crippen LogP contribution in [0.1, 0.15) is 55.4 Å². The number of carbonyl (C=O) groups is 2. The lowest BCUT2D eigenvalue weighted by molar-refractivity contribution is 0.0592. The largest absolute Gasteiger partial charge is 0.486 e. The summed E-state index contributed by atoms with van der Waals surface area (Å²) in [6.07, 6.45) is 6.26. The fourth-order valence-electron chi connectivity index (χ4n) is 4.87. The van der Waals surface area contributed by atoms with Crippen LogP contribution in [0.4, 0.5) is 0 Å². The topological polar surface area (TPSA) is 90.7 Å². The van der Waals surface area contributed by atoms with Crippen molar-refractivity contribution in [2.45, 2.75) is 45.3 Å². The van der Waals surface area contributed by atoms with Crippen LogP contribution < -0.4 is 10.3 Å². The summed E-state index contributed by atoms with van der Waals surface area (Å²) < 4.78 is 12.5. The first kappa shape index (κ1) is 23.3. The summed E-state index contributed by atoms with van der Waals surface area (Å²) >= 11 is 1.67. The van der Waals surface area contributed by atoms with Crippen LogP contribution in [0, 0.1) is 0 Å². The third-order valence-corrected chi connectivity index (χ3v) is 7.75. The number of ether oxygens (including phenoxy) is 2. The molecule has 0 fully saturated rings. The van der Waals surface area contributed by atoms with Crippen molar-refractivity contribution in [1.29, 1.82) is 0 Å². The van der Waals surface area contributed by atoms with E-state index in [9.17, 15) is 14.4 Å². The Morgan fingerprint density at radius 2 is 1.97 bits per heavy atom. The van der Waals surface area contributed by atoms with Crippen LogP contribution in [0.2, 0.25) is 0 Å². The fraction of sp³-hybridized carbons (Fsp3) is 0.385. The molecule has 8 nitrogen and oxygen atoms in total. The molecule has 0 bridgehead atoms. The van der Waals surface area contributed by atoms with Gasteiger partial charge in [0, 0.05) is 54.3 Å². The van der Waals surface area contributed by atoms with Gasteiger partial charge < -0.3 is 18.9 Å². The Morgan fingerprint density at radius 1 is 1.11 bits per heavy atom. The maximum Gasteiger partial charge on any atom is 0.343 e. The summed E-state index contributed by atoms with van der Waals surface area (Å²) in [4.78, 5) is 46.6. The first-order valence-electron chi connectivity index (χ1n) is 11.8. The average molecular weight is 494 g/mol. The number of hydrogen-bond donors (Lipinski definition) is 0. The van der Waals surface area contributed by atoms with Crippen molar-refractivity contribution in [3.05, 3.63) is 79.2 Å². The Kier molecular flexibility index (Phi) is 6.68. The minimum absolute atomic E-state index is 0.00324.